The van der Waals surface area contributed by atoms with E-state index in [2.05, 4.69) is 41.1 Å². The van der Waals surface area contributed by atoms with Crippen LogP contribution < -0.4 is 0 Å². The third-order valence-corrected chi connectivity index (χ3v) is 7.29. The number of esters is 2. The molecule has 0 bridgehead atoms. The average molecular weight is 427 g/mol. The molecule has 2 atom stereocenters. The number of piperidine rings is 1. The molecule has 1 fully saturated rings. The number of carbonyl (C=O) groups excluding carboxylic acids is 2. The van der Waals surface area contributed by atoms with Gasteiger partial charge in [-0.05, 0) is 69.5 Å². The number of hydrogen-bond acceptors (Lipinski definition) is 5. The maximum atomic E-state index is 12.8. The molecule has 2 aliphatic heterocycles. The molecule has 0 aliphatic carbocycles. The Hall–Kier alpha value is -2.34. The number of aromatic amines is 1. The van der Waals surface area contributed by atoms with Crippen LogP contribution in [0.3, 0.4) is 0 Å². The summed E-state index contributed by atoms with van der Waals surface area (Å²) >= 11 is 0. The number of fused-ring (bicyclic) bond motifs is 5. The predicted molar refractivity (Wildman–Crippen MR) is 120 cm³/mol. The van der Waals surface area contributed by atoms with Gasteiger partial charge in [-0.25, -0.2) is 0 Å². The summed E-state index contributed by atoms with van der Waals surface area (Å²) in [4.78, 5) is 31.9. The van der Waals surface area contributed by atoms with Crippen LogP contribution in [-0.4, -0.2) is 48.1 Å². The van der Waals surface area contributed by atoms with Crippen LogP contribution >= 0.6 is 0 Å². The molecule has 4 rings (SSSR count). The van der Waals surface area contributed by atoms with Crippen LogP contribution in [0.1, 0.15) is 63.8 Å². The first-order valence-electron chi connectivity index (χ1n) is 11.7. The lowest BCUT2D eigenvalue weighted by Gasteiger charge is -2.52. The second-order valence-corrected chi connectivity index (χ2v) is 8.83. The molecule has 0 spiro atoms. The van der Waals surface area contributed by atoms with Crippen molar-refractivity contribution in [1.29, 1.82) is 0 Å². The molecule has 3 heterocycles. The highest BCUT2D eigenvalue weighted by atomic mass is 16.6. The number of carbonyl (C=O) groups is 2. The van der Waals surface area contributed by atoms with Crippen molar-refractivity contribution in [2.45, 2.75) is 58.9 Å². The fourth-order valence-electron chi connectivity index (χ4n) is 5.88. The summed E-state index contributed by atoms with van der Waals surface area (Å²) in [5, 5.41) is 1.29. The third kappa shape index (κ3) is 3.86. The summed E-state index contributed by atoms with van der Waals surface area (Å²) in [5.74, 6) is -1.80. The topological polar surface area (TPSA) is 71.6 Å². The molecule has 2 aliphatic rings. The van der Waals surface area contributed by atoms with Gasteiger partial charge < -0.3 is 14.5 Å². The molecule has 31 heavy (non-hydrogen) atoms. The fourth-order valence-corrected chi connectivity index (χ4v) is 5.88. The minimum atomic E-state index is -0.880. The van der Waals surface area contributed by atoms with Crippen LogP contribution in [0.5, 0.6) is 0 Å². The molecule has 0 amide bonds. The number of hydrogen-bond donors (Lipinski definition) is 1. The van der Waals surface area contributed by atoms with Crippen molar-refractivity contribution in [3.63, 3.8) is 0 Å². The Balaban J connectivity index is 1.76. The summed E-state index contributed by atoms with van der Waals surface area (Å²) in [6.07, 6.45) is 4.41. The molecule has 1 N–H and O–H groups in total. The van der Waals surface area contributed by atoms with Gasteiger partial charge >= 0.3 is 11.9 Å². The van der Waals surface area contributed by atoms with E-state index in [1.807, 2.05) is 0 Å². The molecule has 1 saturated heterocycles. The van der Waals surface area contributed by atoms with Crippen molar-refractivity contribution in [2.24, 2.45) is 11.3 Å². The van der Waals surface area contributed by atoms with Gasteiger partial charge in [0, 0.05) is 23.1 Å². The monoisotopic (exact) mass is 426 g/mol. The van der Waals surface area contributed by atoms with Gasteiger partial charge in [0.2, 0.25) is 0 Å². The van der Waals surface area contributed by atoms with E-state index in [1.54, 1.807) is 13.8 Å². The van der Waals surface area contributed by atoms with Crippen molar-refractivity contribution in [3.8, 4) is 0 Å². The summed E-state index contributed by atoms with van der Waals surface area (Å²) in [7, 11) is 0. The molecule has 0 radical (unpaired) electrons. The number of ether oxygens (including phenoxy) is 2. The van der Waals surface area contributed by atoms with Gasteiger partial charge in [0.1, 0.15) is 0 Å². The molecule has 6 nitrogen and oxygen atoms in total. The van der Waals surface area contributed by atoms with Crippen molar-refractivity contribution in [2.75, 3.05) is 26.3 Å². The molecule has 1 aromatic heterocycles. The van der Waals surface area contributed by atoms with Gasteiger partial charge in [-0.15, -0.1) is 0 Å². The highest BCUT2D eigenvalue weighted by Gasteiger charge is 2.50. The van der Waals surface area contributed by atoms with E-state index in [0.717, 1.165) is 44.3 Å². The highest BCUT2D eigenvalue weighted by Crippen LogP contribution is 2.54. The number of H-pyrrole nitrogens is 1. The van der Waals surface area contributed by atoms with E-state index < -0.39 is 17.9 Å². The lowest BCUT2D eigenvalue weighted by molar-refractivity contribution is -0.165. The van der Waals surface area contributed by atoms with Crippen LogP contribution in [0.15, 0.2) is 24.3 Å². The van der Waals surface area contributed by atoms with Crippen LogP contribution in [0.4, 0.5) is 0 Å². The molecule has 0 saturated carbocycles. The van der Waals surface area contributed by atoms with Crippen LogP contribution in [0.25, 0.3) is 10.9 Å². The number of nitrogens with one attached hydrogen (secondary N) is 1. The van der Waals surface area contributed by atoms with Gasteiger partial charge in [0.25, 0.3) is 0 Å². The Kier molecular flexibility index (Phi) is 6.37. The molecule has 1 aromatic carbocycles. The number of benzene rings is 1. The molecule has 2 aromatic rings. The maximum Gasteiger partial charge on any atom is 0.320 e. The van der Waals surface area contributed by atoms with E-state index in [0.29, 0.717) is 6.42 Å². The van der Waals surface area contributed by atoms with E-state index >= 15 is 0 Å². The molecule has 168 valence electrons. The quantitative estimate of drug-likeness (QED) is 0.525. The van der Waals surface area contributed by atoms with E-state index in [-0.39, 0.29) is 24.7 Å². The summed E-state index contributed by atoms with van der Waals surface area (Å²) in [6, 6.07) is 8.64. The lowest BCUT2D eigenvalue weighted by Crippen LogP contribution is -2.51. The molecule has 6 heteroatoms. The number of para-hydroxylation sites is 1. The Bertz CT molecular complexity index is 934. The first-order chi connectivity index (χ1) is 15.0. The molecular formula is C25H34N2O4. The van der Waals surface area contributed by atoms with Crippen molar-refractivity contribution < 1.29 is 19.1 Å². The van der Waals surface area contributed by atoms with Gasteiger partial charge in [-0.2, -0.15) is 0 Å². The number of nitrogens with zero attached hydrogens (tertiary/aromatic N) is 1. The zero-order valence-corrected chi connectivity index (χ0v) is 18.9. The predicted octanol–water partition coefficient (Wildman–Crippen LogP) is 4.39. The Labute approximate surface area is 184 Å². The Morgan fingerprint density at radius 3 is 2.52 bits per heavy atom. The third-order valence-electron chi connectivity index (χ3n) is 7.29. The van der Waals surface area contributed by atoms with Crippen LogP contribution in [0.2, 0.25) is 0 Å². The van der Waals surface area contributed by atoms with Gasteiger partial charge in [0.05, 0.1) is 19.3 Å². The van der Waals surface area contributed by atoms with Crippen LogP contribution in [-0.2, 0) is 25.5 Å². The first kappa shape index (κ1) is 21.9. The second-order valence-electron chi connectivity index (χ2n) is 8.83. The Morgan fingerprint density at radius 2 is 1.84 bits per heavy atom. The standard InChI is InChI=1S/C25H34N2O4/c1-4-25(16-19(23(28)30-5-2)24(29)31-6-3)13-9-14-27-15-12-18-17-10-7-8-11-20(17)26-21(18)22(25)27/h7-8,10-11,19,22,26H,4-6,9,12-16H2,1-3H3/t22-,25-/m1/s1. The van der Waals surface area contributed by atoms with Crippen molar-refractivity contribution >= 4 is 22.8 Å². The molecule has 0 unspecified atom stereocenters. The van der Waals surface area contributed by atoms with Gasteiger partial charge in [-0.1, -0.05) is 25.1 Å². The first-order valence-corrected chi connectivity index (χ1v) is 11.7. The number of aromatic nitrogens is 1. The summed E-state index contributed by atoms with van der Waals surface area (Å²) in [5.41, 5.74) is 3.62. The number of rotatable bonds is 7. The van der Waals surface area contributed by atoms with E-state index in [9.17, 15) is 9.59 Å². The second kappa shape index (κ2) is 9.03. The summed E-state index contributed by atoms with van der Waals surface area (Å²) < 4.78 is 10.6. The van der Waals surface area contributed by atoms with Gasteiger partial charge in [0.15, 0.2) is 5.92 Å². The van der Waals surface area contributed by atoms with Crippen LogP contribution in [0, 0.1) is 11.3 Å². The van der Waals surface area contributed by atoms with E-state index in [1.165, 1.54) is 16.6 Å². The maximum absolute atomic E-state index is 12.8. The minimum absolute atomic E-state index is 0.161. The largest absolute Gasteiger partial charge is 0.465 e. The summed E-state index contributed by atoms with van der Waals surface area (Å²) in [6.45, 7) is 8.31. The normalized spacial score (nSPS) is 23.4. The Morgan fingerprint density at radius 1 is 1.13 bits per heavy atom. The smallest absolute Gasteiger partial charge is 0.320 e. The zero-order chi connectivity index (χ0) is 22.0. The SMILES string of the molecule is CCOC(=O)C(C[C@@]1(CC)CCCN2CCc3c([nH]c4ccccc34)[C@@H]21)C(=O)OCC. The van der Waals surface area contributed by atoms with Gasteiger partial charge in [-0.3, -0.25) is 14.5 Å². The minimum Gasteiger partial charge on any atom is -0.465 e. The zero-order valence-electron chi connectivity index (χ0n) is 18.9. The fraction of sp³-hybridized carbons (Fsp3) is 0.600. The van der Waals surface area contributed by atoms with E-state index in [4.69, 9.17) is 9.47 Å². The molecular weight excluding hydrogens is 392 g/mol. The average Bonchev–Trinajstić information content (AvgIpc) is 3.16. The lowest BCUT2D eigenvalue weighted by atomic mass is 9.64. The van der Waals surface area contributed by atoms with Crippen molar-refractivity contribution in [1.82, 2.24) is 9.88 Å². The highest BCUT2D eigenvalue weighted by molar-refractivity contribution is 5.95. The van der Waals surface area contributed by atoms with Crippen molar-refractivity contribution in [3.05, 3.63) is 35.5 Å².